The molecule has 0 saturated heterocycles. The van der Waals surface area contributed by atoms with Gasteiger partial charge in [-0.3, -0.25) is 4.79 Å². The van der Waals surface area contributed by atoms with Crippen molar-refractivity contribution >= 4 is 23.2 Å². The van der Waals surface area contributed by atoms with Crippen molar-refractivity contribution in [3.8, 4) is 0 Å². The highest BCUT2D eigenvalue weighted by atomic mass is 35.5. The molecule has 0 spiro atoms. The third-order valence-corrected chi connectivity index (χ3v) is 4.17. The molecule has 1 aromatic rings. The number of anilines is 1. The highest BCUT2D eigenvalue weighted by Crippen LogP contribution is 2.36. The second-order valence-electron chi connectivity index (χ2n) is 5.27. The second-order valence-corrected chi connectivity index (χ2v) is 5.68. The normalized spacial score (nSPS) is 15.9. The Bertz CT molecular complexity index is 469. The molecule has 0 heterocycles. The number of hydrogen-bond acceptors (Lipinski definition) is 3. The van der Waals surface area contributed by atoms with Gasteiger partial charge in [0.2, 0.25) is 0 Å². The van der Waals surface area contributed by atoms with Crippen molar-refractivity contribution < 1.29 is 9.53 Å². The van der Waals surface area contributed by atoms with E-state index in [1.54, 1.807) is 25.3 Å². The summed E-state index contributed by atoms with van der Waals surface area (Å²) in [4.78, 5) is 14.6. The molecular weight excluding hydrogens is 276 g/mol. The zero-order valence-corrected chi connectivity index (χ0v) is 12.7. The van der Waals surface area contributed by atoms with E-state index < -0.39 is 0 Å². The number of amides is 1. The molecule has 1 aliphatic rings. The van der Waals surface area contributed by atoms with Crippen molar-refractivity contribution in [1.29, 1.82) is 0 Å². The Balaban J connectivity index is 2.25. The molecule has 1 atom stereocenters. The molecule has 0 bridgehead atoms. The minimum atomic E-state index is -0.107. The summed E-state index contributed by atoms with van der Waals surface area (Å²) < 4.78 is 5.11. The fourth-order valence-electron chi connectivity index (χ4n) is 2.42. The predicted octanol–water partition coefficient (Wildman–Crippen LogP) is 2.81. The predicted molar refractivity (Wildman–Crippen MR) is 81.0 cm³/mol. The van der Waals surface area contributed by atoms with E-state index in [9.17, 15) is 4.79 Å². The van der Waals surface area contributed by atoms with Gasteiger partial charge in [0.05, 0.1) is 17.2 Å². The first-order valence-electron chi connectivity index (χ1n) is 6.90. The van der Waals surface area contributed by atoms with E-state index in [0.29, 0.717) is 35.3 Å². The molecule has 1 fully saturated rings. The number of carbonyl (C=O) groups is 1. The summed E-state index contributed by atoms with van der Waals surface area (Å²) in [6.45, 7) is 3.14. The standard InChI is InChI=1S/C15H21ClN2O2/c1-10(11-6-7-11)18(8-9-20-2)15(19)14-12(16)4-3-5-13(14)17/h3-5,10-11H,6-9,17H2,1-2H3. The lowest BCUT2D eigenvalue weighted by Crippen LogP contribution is -2.42. The maximum absolute atomic E-state index is 12.8. The molecule has 1 unspecified atom stereocenters. The van der Waals surface area contributed by atoms with E-state index in [2.05, 4.69) is 6.92 Å². The van der Waals surface area contributed by atoms with Crippen molar-refractivity contribution in [2.45, 2.75) is 25.8 Å². The number of nitrogens with two attached hydrogens (primary N) is 1. The van der Waals surface area contributed by atoms with Crippen LogP contribution in [-0.2, 0) is 4.74 Å². The van der Waals surface area contributed by atoms with Crippen molar-refractivity contribution in [3.05, 3.63) is 28.8 Å². The lowest BCUT2D eigenvalue weighted by atomic mass is 10.1. The number of benzene rings is 1. The zero-order chi connectivity index (χ0) is 14.7. The Labute approximate surface area is 124 Å². The molecule has 0 radical (unpaired) electrons. The van der Waals surface area contributed by atoms with Crippen molar-refractivity contribution in [2.24, 2.45) is 5.92 Å². The number of rotatable bonds is 6. The molecule has 2 rings (SSSR count). The van der Waals surface area contributed by atoms with Gasteiger partial charge in [0.25, 0.3) is 5.91 Å². The van der Waals surface area contributed by atoms with Gasteiger partial charge in [0.1, 0.15) is 0 Å². The summed E-state index contributed by atoms with van der Waals surface area (Å²) in [7, 11) is 1.63. The fourth-order valence-corrected chi connectivity index (χ4v) is 2.69. The molecule has 1 saturated carbocycles. The SMILES string of the molecule is COCCN(C(=O)c1c(N)cccc1Cl)C(C)C1CC1. The topological polar surface area (TPSA) is 55.6 Å². The van der Waals surface area contributed by atoms with Crippen LogP contribution in [0.4, 0.5) is 5.69 Å². The number of ether oxygens (including phenoxy) is 1. The molecule has 1 amide bonds. The van der Waals surface area contributed by atoms with Gasteiger partial charge < -0.3 is 15.4 Å². The lowest BCUT2D eigenvalue weighted by Gasteiger charge is -2.30. The first-order valence-corrected chi connectivity index (χ1v) is 7.28. The van der Waals surface area contributed by atoms with Gasteiger partial charge in [-0.25, -0.2) is 0 Å². The lowest BCUT2D eigenvalue weighted by molar-refractivity contribution is 0.0596. The Morgan fingerprint density at radius 2 is 2.25 bits per heavy atom. The molecule has 1 aromatic carbocycles. The first-order chi connectivity index (χ1) is 9.56. The van der Waals surface area contributed by atoms with Crippen LogP contribution in [0.25, 0.3) is 0 Å². The van der Waals surface area contributed by atoms with E-state index >= 15 is 0 Å². The van der Waals surface area contributed by atoms with Crippen LogP contribution in [0, 0.1) is 5.92 Å². The minimum Gasteiger partial charge on any atom is -0.398 e. The summed E-state index contributed by atoms with van der Waals surface area (Å²) in [5.74, 6) is 0.476. The van der Waals surface area contributed by atoms with Gasteiger partial charge in [-0.05, 0) is 37.8 Å². The van der Waals surface area contributed by atoms with Crippen LogP contribution in [0.2, 0.25) is 5.02 Å². The number of methoxy groups -OCH3 is 1. The number of halogens is 1. The first kappa shape index (κ1) is 15.1. The summed E-state index contributed by atoms with van der Waals surface area (Å²) in [5.41, 5.74) is 6.74. The number of nitrogen functional groups attached to an aromatic ring is 1. The summed E-state index contributed by atoms with van der Waals surface area (Å²) in [6, 6.07) is 5.34. The zero-order valence-electron chi connectivity index (χ0n) is 11.9. The monoisotopic (exact) mass is 296 g/mol. The fraction of sp³-hybridized carbons (Fsp3) is 0.533. The Hall–Kier alpha value is -1.26. The number of carbonyl (C=O) groups excluding carboxylic acids is 1. The van der Waals surface area contributed by atoms with Crippen LogP contribution in [0.1, 0.15) is 30.1 Å². The molecule has 5 heteroatoms. The Morgan fingerprint density at radius 1 is 1.55 bits per heavy atom. The molecule has 20 heavy (non-hydrogen) atoms. The van der Waals surface area contributed by atoms with E-state index in [1.165, 1.54) is 12.8 Å². The molecule has 4 nitrogen and oxygen atoms in total. The third kappa shape index (κ3) is 3.25. The minimum absolute atomic E-state index is 0.107. The summed E-state index contributed by atoms with van der Waals surface area (Å²) >= 11 is 6.14. The average Bonchev–Trinajstić information content (AvgIpc) is 3.23. The highest BCUT2D eigenvalue weighted by molar-refractivity contribution is 6.34. The van der Waals surface area contributed by atoms with Crippen molar-refractivity contribution in [1.82, 2.24) is 4.90 Å². The summed E-state index contributed by atoms with van der Waals surface area (Å²) in [6.07, 6.45) is 2.35. The summed E-state index contributed by atoms with van der Waals surface area (Å²) in [5, 5.41) is 0.403. The molecule has 0 aromatic heterocycles. The third-order valence-electron chi connectivity index (χ3n) is 3.85. The van der Waals surface area contributed by atoms with Gasteiger partial charge in [-0.2, -0.15) is 0 Å². The van der Waals surface area contributed by atoms with Gasteiger partial charge in [-0.1, -0.05) is 17.7 Å². The molecule has 2 N–H and O–H groups in total. The maximum Gasteiger partial charge on any atom is 0.257 e. The van der Waals surface area contributed by atoms with Crippen LogP contribution in [0.3, 0.4) is 0 Å². The van der Waals surface area contributed by atoms with Crippen molar-refractivity contribution in [2.75, 3.05) is 26.0 Å². The van der Waals surface area contributed by atoms with Gasteiger partial charge in [0, 0.05) is 25.4 Å². The van der Waals surface area contributed by atoms with E-state index in [0.717, 1.165) is 0 Å². The van der Waals surface area contributed by atoms with Gasteiger partial charge >= 0.3 is 0 Å². The quantitative estimate of drug-likeness (QED) is 0.821. The molecular formula is C15H21ClN2O2. The smallest absolute Gasteiger partial charge is 0.257 e. The highest BCUT2D eigenvalue weighted by Gasteiger charge is 2.35. The van der Waals surface area contributed by atoms with Crippen LogP contribution in [0.15, 0.2) is 18.2 Å². The largest absolute Gasteiger partial charge is 0.398 e. The number of hydrogen-bond donors (Lipinski definition) is 1. The van der Waals surface area contributed by atoms with Crippen LogP contribution < -0.4 is 5.73 Å². The van der Waals surface area contributed by atoms with Crippen LogP contribution in [-0.4, -0.2) is 37.1 Å². The van der Waals surface area contributed by atoms with E-state index in [4.69, 9.17) is 22.1 Å². The number of nitrogens with zero attached hydrogens (tertiary/aromatic N) is 1. The average molecular weight is 297 g/mol. The Morgan fingerprint density at radius 3 is 2.80 bits per heavy atom. The second kappa shape index (κ2) is 6.46. The van der Waals surface area contributed by atoms with Crippen molar-refractivity contribution in [3.63, 3.8) is 0 Å². The van der Waals surface area contributed by atoms with E-state index in [-0.39, 0.29) is 11.9 Å². The van der Waals surface area contributed by atoms with Crippen LogP contribution in [0.5, 0.6) is 0 Å². The van der Waals surface area contributed by atoms with E-state index in [1.807, 2.05) is 4.90 Å². The molecule has 1 aliphatic carbocycles. The Kier molecular flexibility index (Phi) is 4.89. The van der Waals surface area contributed by atoms with Crippen LogP contribution >= 0.6 is 11.6 Å². The maximum atomic E-state index is 12.8. The molecule has 0 aliphatic heterocycles. The van der Waals surface area contributed by atoms with Gasteiger partial charge in [-0.15, -0.1) is 0 Å². The molecule has 110 valence electrons. The van der Waals surface area contributed by atoms with Gasteiger partial charge in [0.15, 0.2) is 0 Å².